The van der Waals surface area contributed by atoms with Gasteiger partial charge in [-0.25, -0.2) is 4.99 Å². The number of amidine groups is 1. The summed E-state index contributed by atoms with van der Waals surface area (Å²) in [6.07, 6.45) is 3.69. The highest BCUT2D eigenvalue weighted by molar-refractivity contribution is 6.03. The highest BCUT2D eigenvalue weighted by Crippen LogP contribution is 2.13. The van der Waals surface area contributed by atoms with Crippen LogP contribution in [-0.2, 0) is 0 Å². The van der Waals surface area contributed by atoms with E-state index in [1.165, 1.54) is 0 Å². The second-order valence-corrected chi connectivity index (χ2v) is 3.01. The van der Waals surface area contributed by atoms with Gasteiger partial charge in [0.15, 0.2) is 0 Å². The zero-order valence-electron chi connectivity index (χ0n) is 6.94. The highest BCUT2D eigenvalue weighted by Gasteiger charge is 2.23. The van der Waals surface area contributed by atoms with Crippen LogP contribution in [0, 0.1) is 0 Å². The molecule has 4 nitrogen and oxygen atoms in total. The Hall–Kier alpha value is -1.16. The average Bonchev–Trinajstić information content (AvgIpc) is 2.46. The molecular formula is C8H11N3O. The zero-order valence-corrected chi connectivity index (χ0v) is 6.94. The number of hydrogen-bond acceptors (Lipinski definition) is 4. The third-order valence-electron chi connectivity index (χ3n) is 1.97. The minimum atomic E-state index is 0.0219. The minimum absolute atomic E-state index is 0.0219. The molecule has 12 heavy (non-hydrogen) atoms. The van der Waals surface area contributed by atoms with Crippen LogP contribution >= 0.6 is 0 Å². The van der Waals surface area contributed by atoms with E-state index in [0.717, 1.165) is 18.1 Å². The zero-order chi connectivity index (χ0) is 8.55. The van der Waals surface area contributed by atoms with Crippen molar-refractivity contribution in [1.82, 2.24) is 4.90 Å². The van der Waals surface area contributed by atoms with Gasteiger partial charge in [-0.1, -0.05) is 0 Å². The standard InChI is InChI=1S/C8H11N3O/c1-6-2-8-10-7(4-12)3-11(8)5-9-6/h2,5,7,12H,3-4H2,1H3/t7-/m1/s1. The molecule has 2 heterocycles. The molecule has 1 N–H and O–H groups in total. The van der Waals surface area contributed by atoms with Gasteiger partial charge in [0.25, 0.3) is 0 Å². The third kappa shape index (κ3) is 1.14. The minimum Gasteiger partial charge on any atom is -0.394 e. The van der Waals surface area contributed by atoms with E-state index in [1.807, 2.05) is 17.9 Å². The van der Waals surface area contributed by atoms with Crippen LogP contribution in [0.2, 0.25) is 0 Å². The van der Waals surface area contributed by atoms with Gasteiger partial charge < -0.3 is 10.0 Å². The molecule has 0 aromatic carbocycles. The Bertz CT molecular complexity index is 280. The van der Waals surface area contributed by atoms with Crippen LogP contribution in [0.25, 0.3) is 0 Å². The predicted octanol–water partition coefficient (Wildman–Crippen LogP) is 0.00710. The third-order valence-corrected chi connectivity index (χ3v) is 1.97. The number of hydrogen-bond donors (Lipinski definition) is 1. The molecule has 0 aromatic heterocycles. The Kier molecular flexibility index (Phi) is 1.69. The maximum Gasteiger partial charge on any atom is 0.130 e. The summed E-state index contributed by atoms with van der Waals surface area (Å²) in [6, 6.07) is 0.0219. The Labute approximate surface area is 70.9 Å². The van der Waals surface area contributed by atoms with Gasteiger partial charge in [0.05, 0.1) is 25.5 Å². The largest absolute Gasteiger partial charge is 0.394 e. The van der Waals surface area contributed by atoms with E-state index in [-0.39, 0.29) is 12.6 Å². The normalized spacial score (nSPS) is 26.8. The Morgan fingerprint density at radius 3 is 3.33 bits per heavy atom. The highest BCUT2D eigenvalue weighted by atomic mass is 16.3. The fourth-order valence-electron chi connectivity index (χ4n) is 1.33. The summed E-state index contributed by atoms with van der Waals surface area (Å²) in [4.78, 5) is 10.4. The lowest BCUT2D eigenvalue weighted by molar-refractivity contribution is 0.265. The van der Waals surface area contributed by atoms with Crippen molar-refractivity contribution in [2.75, 3.05) is 13.2 Å². The van der Waals surface area contributed by atoms with E-state index in [2.05, 4.69) is 9.98 Å². The maximum absolute atomic E-state index is 8.88. The van der Waals surface area contributed by atoms with Crippen LogP contribution in [0.1, 0.15) is 6.92 Å². The molecule has 4 heteroatoms. The van der Waals surface area contributed by atoms with Crippen LogP contribution in [0.5, 0.6) is 0 Å². The van der Waals surface area contributed by atoms with Gasteiger partial charge in [-0.2, -0.15) is 0 Å². The smallest absolute Gasteiger partial charge is 0.130 e. The van der Waals surface area contributed by atoms with E-state index in [9.17, 15) is 0 Å². The topological polar surface area (TPSA) is 48.2 Å². The van der Waals surface area contributed by atoms with Gasteiger partial charge in [-0.15, -0.1) is 0 Å². The fourth-order valence-corrected chi connectivity index (χ4v) is 1.33. The van der Waals surface area contributed by atoms with Gasteiger partial charge in [0.1, 0.15) is 5.84 Å². The van der Waals surface area contributed by atoms with Crippen molar-refractivity contribution < 1.29 is 5.11 Å². The molecule has 0 aliphatic carbocycles. The fraction of sp³-hybridized carbons (Fsp3) is 0.500. The number of aliphatic hydroxyl groups is 1. The second-order valence-electron chi connectivity index (χ2n) is 3.01. The number of nitrogens with zero attached hydrogens (tertiary/aromatic N) is 3. The molecule has 64 valence electrons. The monoisotopic (exact) mass is 165 g/mol. The van der Waals surface area contributed by atoms with E-state index < -0.39 is 0 Å². The molecule has 0 aromatic rings. The lowest BCUT2D eigenvalue weighted by Crippen LogP contribution is -2.29. The van der Waals surface area contributed by atoms with E-state index in [0.29, 0.717) is 0 Å². The number of aliphatic imine (C=N–C) groups is 2. The van der Waals surface area contributed by atoms with Gasteiger partial charge >= 0.3 is 0 Å². The van der Waals surface area contributed by atoms with E-state index in [1.54, 1.807) is 6.34 Å². The molecule has 0 fully saturated rings. The van der Waals surface area contributed by atoms with Gasteiger partial charge in [-0.05, 0) is 6.92 Å². The summed E-state index contributed by atoms with van der Waals surface area (Å²) in [5, 5.41) is 8.88. The van der Waals surface area contributed by atoms with E-state index >= 15 is 0 Å². The Balaban J connectivity index is 2.22. The first-order valence-corrected chi connectivity index (χ1v) is 3.97. The summed E-state index contributed by atoms with van der Waals surface area (Å²) in [5.41, 5.74) is 0.962. The molecule has 0 spiro atoms. The second kappa shape index (κ2) is 2.71. The number of aliphatic hydroxyl groups excluding tert-OH is 1. The van der Waals surface area contributed by atoms with Crippen LogP contribution < -0.4 is 0 Å². The molecule has 2 rings (SSSR count). The number of fused-ring (bicyclic) bond motifs is 1. The molecule has 0 amide bonds. The summed E-state index contributed by atoms with van der Waals surface area (Å²) < 4.78 is 0. The Morgan fingerprint density at radius 2 is 2.58 bits per heavy atom. The summed E-state index contributed by atoms with van der Waals surface area (Å²) >= 11 is 0. The van der Waals surface area contributed by atoms with Gasteiger partial charge in [0.2, 0.25) is 0 Å². The summed E-state index contributed by atoms with van der Waals surface area (Å²) in [6.45, 7) is 2.79. The van der Waals surface area contributed by atoms with Gasteiger partial charge in [-0.3, -0.25) is 4.99 Å². The summed E-state index contributed by atoms with van der Waals surface area (Å²) in [5.74, 6) is 0.918. The number of allylic oxidation sites excluding steroid dienone is 1. The lowest BCUT2D eigenvalue weighted by Gasteiger charge is -2.15. The SMILES string of the molecule is CC1=CC2=N[C@@H](CO)CN2C=N1. The van der Waals surface area contributed by atoms with Crippen LogP contribution in [0.15, 0.2) is 21.8 Å². The van der Waals surface area contributed by atoms with Crippen molar-refractivity contribution in [2.24, 2.45) is 9.98 Å². The van der Waals surface area contributed by atoms with Crippen molar-refractivity contribution in [3.8, 4) is 0 Å². The molecule has 2 aliphatic rings. The van der Waals surface area contributed by atoms with Crippen LogP contribution in [-0.4, -0.2) is 41.4 Å². The maximum atomic E-state index is 8.88. The molecule has 0 saturated carbocycles. The van der Waals surface area contributed by atoms with E-state index in [4.69, 9.17) is 5.11 Å². The first kappa shape index (κ1) is 7.49. The summed E-state index contributed by atoms with van der Waals surface area (Å²) in [7, 11) is 0. The number of rotatable bonds is 1. The molecular weight excluding hydrogens is 154 g/mol. The molecule has 0 bridgehead atoms. The van der Waals surface area contributed by atoms with Crippen molar-refractivity contribution in [1.29, 1.82) is 0 Å². The first-order valence-electron chi connectivity index (χ1n) is 3.97. The van der Waals surface area contributed by atoms with Crippen molar-refractivity contribution in [2.45, 2.75) is 13.0 Å². The lowest BCUT2D eigenvalue weighted by atomic mass is 10.3. The molecule has 0 unspecified atom stereocenters. The first-order chi connectivity index (χ1) is 5.79. The van der Waals surface area contributed by atoms with Gasteiger partial charge in [0, 0.05) is 11.8 Å². The molecule has 1 atom stereocenters. The molecule has 0 radical (unpaired) electrons. The van der Waals surface area contributed by atoms with Crippen molar-refractivity contribution >= 4 is 12.2 Å². The van der Waals surface area contributed by atoms with Crippen molar-refractivity contribution in [3.63, 3.8) is 0 Å². The molecule has 0 saturated heterocycles. The predicted molar refractivity (Wildman–Crippen MR) is 47.3 cm³/mol. The average molecular weight is 165 g/mol. The Morgan fingerprint density at radius 1 is 1.75 bits per heavy atom. The quantitative estimate of drug-likeness (QED) is 0.595. The van der Waals surface area contributed by atoms with Crippen LogP contribution in [0.3, 0.4) is 0 Å². The van der Waals surface area contributed by atoms with Crippen LogP contribution in [0.4, 0.5) is 0 Å². The van der Waals surface area contributed by atoms with Crippen molar-refractivity contribution in [3.05, 3.63) is 11.8 Å². The molecule has 2 aliphatic heterocycles.